The van der Waals surface area contributed by atoms with Crippen LogP contribution in [0.25, 0.3) is 0 Å². The Labute approximate surface area is 175 Å². The SMILES string of the molecule is Cc1ccc(CNC(=O)C(=O)NCC2CCN(C(=O)c3ccccc3F)CC2)cc1. The maximum Gasteiger partial charge on any atom is 0.309 e. The number of hydrogen-bond donors (Lipinski definition) is 2. The molecule has 0 spiro atoms. The highest BCUT2D eigenvalue weighted by Gasteiger charge is 2.25. The van der Waals surface area contributed by atoms with Gasteiger partial charge in [0.05, 0.1) is 5.56 Å². The fourth-order valence-electron chi connectivity index (χ4n) is 3.43. The summed E-state index contributed by atoms with van der Waals surface area (Å²) in [4.78, 5) is 38.1. The number of carbonyl (C=O) groups excluding carboxylic acids is 3. The van der Waals surface area contributed by atoms with Gasteiger partial charge in [-0.25, -0.2) is 4.39 Å². The van der Waals surface area contributed by atoms with E-state index in [0.717, 1.165) is 11.1 Å². The van der Waals surface area contributed by atoms with Crippen molar-refractivity contribution in [1.29, 1.82) is 0 Å². The molecule has 1 saturated heterocycles. The van der Waals surface area contributed by atoms with Crippen LogP contribution in [0.5, 0.6) is 0 Å². The molecule has 3 rings (SSSR count). The van der Waals surface area contributed by atoms with Crippen LogP contribution in [-0.4, -0.2) is 42.3 Å². The van der Waals surface area contributed by atoms with Gasteiger partial charge in [-0.05, 0) is 43.4 Å². The summed E-state index contributed by atoms with van der Waals surface area (Å²) < 4.78 is 13.8. The average Bonchev–Trinajstić information content (AvgIpc) is 2.77. The highest BCUT2D eigenvalue weighted by molar-refractivity contribution is 6.35. The average molecular weight is 411 g/mol. The summed E-state index contributed by atoms with van der Waals surface area (Å²) >= 11 is 0. The highest BCUT2D eigenvalue weighted by Crippen LogP contribution is 2.19. The van der Waals surface area contributed by atoms with Crippen LogP contribution in [0.15, 0.2) is 48.5 Å². The molecule has 7 heteroatoms. The molecule has 1 aliphatic heterocycles. The first-order chi connectivity index (χ1) is 14.4. The van der Waals surface area contributed by atoms with Gasteiger partial charge in [0.15, 0.2) is 0 Å². The molecule has 2 N–H and O–H groups in total. The molecule has 0 radical (unpaired) electrons. The molecule has 0 unspecified atom stereocenters. The second-order valence-corrected chi connectivity index (χ2v) is 7.59. The minimum absolute atomic E-state index is 0.0782. The molecule has 1 fully saturated rings. The summed E-state index contributed by atoms with van der Waals surface area (Å²) in [6.07, 6.45) is 1.37. The summed E-state index contributed by atoms with van der Waals surface area (Å²) in [6, 6.07) is 13.7. The minimum atomic E-state index is -0.664. The van der Waals surface area contributed by atoms with E-state index in [1.165, 1.54) is 12.1 Å². The Hall–Kier alpha value is -3.22. The molecule has 1 aliphatic rings. The van der Waals surface area contributed by atoms with Crippen LogP contribution in [0.1, 0.15) is 34.3 Å². The Balaban J connectivity index is 1.39. The van der Waals surface area contributed by atoms with E-state index in [4.69, 9.17) is 0 Å². The van der Waals surface area contributed by atoms with Gasteiger partial charge in [0.2, 0.25) is 0 Å². The number of carbonyl (C=O) groups is 3. The van der Waals surface area contributed by atoms with Crippen molar-refractivity contribution in [2.45, 2.75) is 26.3 Å². The second-order valence-electron chi connectivity index (χ2n) is 7.59. The molecule has 2 aromatic carbocycles. The Bertz CT molecular complexity index is 906. The van der Waals surface area contributed by atoms with Crippen molar-refractivity contribution < 1.29 is 18.8 Å². The summed E-state index contributed by atoms with van der Waals surface area (Å²) in [5, 5.41) is 5.28. The maximum absolute atomic E-state index is 13.8. The van der Waals surface area contributed by atoms with Crippen molar-refractivity contribution in [3.05, 3.63) is 71.0 Å². The van der Waals surface area contributed by atoms with Gasteiger partial charge >= 0.3 is 11.8 Å². The van der Waals surface area contributed by atoms with Crippen molar-refractivity contribution in [3.63, 3.8) is 0 Å². The van der Waals surface area contributed by atoms with E-state index in [2.05, 4.69) is 10.6 Å². The third-order valence-electron chi connectivity index (χ3n) is 5.34. The lowest BCUT2D eigenvalue weighted by molar-refractivity contribution is -0.139. The van der Waals surface area contributed by atoms with Crippen molar-refractivity contribution >= 4 is 17.7 Å². The molecule has 0 aliphatic carbocycles. The third kappa shape index (κ3) is 5.65. The smallest absolute Gasteiger partial charge is 0.309 e. The van der Waals surface area contributed by atoms with Crippen LogP contribution < -0.4 is 10.6 Å². The van der Waals surface area contributed by atoms with Crippen LogP contribution >= 0.6 is 0 Å². The van der Waals surface area contributed by atoms with E-state index in [1.54, 1.807) is 17.0 Å². The third-order valence-corrected chi connectivity index (χ3v) is 5.34. The Morgan fingerprint density at radius 2 is 1.60 bits per heavy atom. The van der Waals surface area contributed by atoms with Crippen LogP contribution in [-0.2, 0) is 16.1 Å². The highest BCUT2D eigenvalue weighted by atomic mass is 19.1. The Kier molecular flexibility index (Phi) is 7.17. The fourth-order valence-corrected chi connectivity index (χ4v) is 3.43. The van der Waals surface area contributed by atoms with Crippen molar-refractivity contribution in [2.24, 2.45) is 5.92 Å². The number of halogens is 1. The number of likely N-dealkylation sites (tertiary alicyclic amines) is 1. The zero-order valence-corrected chi connectivity index (χ0v) is 17.0. The van der Waals surface area contributed by atoms with Gasteiger partial charge in [-0.1, -0.05) is 42.0 Å². The normalized spacial score (nSPS) is 14.3. The number of piperidine rings is 1. The lowest BCUT2D eigenvalue weighted by Gasteiger charge is -2.32. The molecule has 0 atom stereocenters. The number of hydrogen-bond acceptors (Lipinski definition) is 3. The van der Waals surface area contributed by atoms with Crippen LogP contribution in [0.2, 0.25) is 0 Å². The van der Waals surface area contributed by atoms with E-state index in [-0.39, 0.29) is 17.4 Å². The van der Waals surface area contributed by atoms with Gasteiger partial charge in [-0.15, -0.1) is 0 Å². The molecule has 3 amide bonds. The predicted octanol–water partition coefficient (Wildman–Crippen LogP) is 2.42. The van der Waals surface area contributed by atoms with E-state index >= 15 is 0 Å². The molecular formula is C23H26FN3O3. The number of nitrogens with one attached hydrogen (secondary N) is 2. The molecule has 2 aromatic rings. The standard InChI is InChI=1S/C23H26FN3O3/c1-16-6-8-17(9-7-16)14-25-21(28)22(29)26-15-18-10-12-27(13-11-18)23(30)19-4-2-3-5-20(19)24/h2-9,18H,10-15H2,1H3,(H,25,28)(H,26,29). The molecular weight excluding hydrogens is 385 g/mol. The Morgan fingerprint density at radius 1 is 0.967 bits per heavy atom. The molecule has 0 aromatic heterocycles. The first kappa shape index (κ1) is 21.5. The number of benzene rings is 2. The van der Waals surface area contributed by atoms with Gasteiger partial charge in [0, 0.05) is 26.2 Å². The number of aryl methyl sites for hydroxylation is 1. The lowest BCUT2D eigenvalue weighted by atomic mass is 9.96. The zero-order valence-electron chi connectivity index (χ0n) is 17.0. The number of rotatable bonds is 5. The second kappa shape index (κ2) is 10.0. The van der Waals surface area contributed by atoms with Crippen LogP contribution in [0.4, 0.5) is 4.39 Å². The van der Waals surface area contributed by atoms with Crippen molar-refractivity contribution in [1.82, 2.24) is 15.5 Å². The van der Waals surface area contributed by atoms with Gasteiger partial charge in [-0.3, -0.25) is 14.4 Å². The first-order valence-electron chi connectivity index (χ1n) is 10.1. The zero-order chi connectivity index (χ0) is 21.5. The molecule has 158 valence electrons. The molecule has 30 heavy (non-hydrogen) atoms. The van der Waals surface area contributed by atoms with Crippen molar-refractivity contribution in [2.75, 3.05) is 19.6 Å². The number of amides is 3. The van der Waals surface area contributed by atoms with Gasteiger partial charge < -0.3 is 15.5 Å². The van der Waals surface area contributed by atoms with E-state index < -0.39 is 17.6 Å². The first-order valence-corrected chi connectivity index (χ1v) is 10.1. The molecule has 0 saturated carbocycles. The monoisotopic (exact) mass is 411 g/mol. The summed E-state index contributed by atoms with van der Waals surface area (Å²) in [5.74, 6) is -1.99. The maximum atomic E-state index is 13.8. The van der Waals surface area contributed by atoms with Crippen LogP contribution in [0, 0.1) is 18.7 Å². The molecule has 0 bridgehead atoms. The topological polar surface area (TPSA) is 78.5 Å². The summed E-state index contributed by atoms with van der Waals surface area (Å²) in [7, 11) is 0. The predicted molar refractivity (Wildman–Crippen MR) is 111 cm³/mol. The minimum Gasteiger partial charge on any atom is -0.348 e. The Morgan fingerprint density at radius 3 is 2.27 bits per heavy atom. The largest absolute Gasteiger partial charge is 0.348 e. The van der Waals surface area contributed by atoms with Gasteiger partial charge in [0.1, 0.15) is 5.82 Å². The van der Waals surface area contributed by atoms with Crippen molar-refractivity contribution in [3.8, 4) is 0 Å². The molecule has 1 heterocycles. The van der Waals surface area contributed by atoms with Crippen LogP contribution in [0.3, 0.4) is 0 Å². The lowest BCUT2D eigenvalue weighted by Crippen LogP contribution is -2.44. The quantitative estimate of drug-likeness (QED) is 0.742. The van der Waals surface area contributed by atoms with Gasteiger partial charge in [0.25, 0.3) is 5.91 Å². The van der Waals surface area contributed by atoms with Gasteiger partial charge in [-0.2, -0.15) is 0 Å². The fraction of sp³-hybridized carbons (Fsp3) is 0.348. The summed E-state index contributed by atoms with van der Waals surface area (Å²) in [6.45, 7) is 3.64. The molecule has 6 nitrogen and oxygen atoms in total. The van der Waals surface area contributed by atoms with E-state index in [0.29, 0.717) is 39.0 Å². The number of nitrogens with zero attached hydrogens (tertiary/aromatic N) is 1. The van der Waals surface area contributed by atoms with E-state index in [9.17, 15) is 18.8 Å². The van der Waals surface area contributed by atoms with E-state index in [1.807, 2.05) is 31.2 Å². The summed E-state index contributed by atoms with van der Waals surface area (Å²) in [5.41, 5.74) is 2.13.